The molecule has 0 bridgehead atoms. The molecule has 0 amide bonds. The Bertz CT molecular complexity index is 599. The van der Waals surface area contributed by atoms with E-state index < -0.39 is 0 Å². The van der Waals surface area contributed by atoms with Gasteiger partial charge in [0.25, 0.3) is 0 Å². The molecular weight excluding hydrogens is 272 g/mol. The van der Waals surface area contributed by atoms with Crippen LogP contribution in [0, 0.1) is 6.92 Å². The van der Waals surface area contributed by atoms with Gasteiger partial charge in [-0.3, -0.25) is 0 Å². The van der Waals surface area contributed by atoms with Gasteiger partial charge in [-0.1, -0.05) is 35.9 Å². The van der Waals surface area contributed by atoms with Crippen molar-refractivity contribution in [3.05, 3.63) is 59.2 Å². The Kier molecular flexibility index (Phi) is 3.58. The zero-order valence-corrected chi connectivity index (χ0v) is 12.4. The molecule has 20 heavy (non-hydrogen) atoms. The fraction of sp³-hybridized carbons (Fsp3) is 0.294. The summed E-state index contributed by atoms with van der Waals surface area (Å²) in [5.74, 6) is 1.75. The average Bonchev–Trinajstić information content (AvgIpc) is 2.90. The lowest BCUT2D eigenvalue weighted by atomic mass is 10.0. The van der Waals surface area contributed by atoms with Crippen LogP contribution in [0.4, 0.5) is 0 Å². The summed E-state index contributed by atoms with van der Waals surface area (Å²) >= 11 is 6.65. The van der Waals surface area contributed by atoms with Crippen LogP contribution in [0.25, 0.3) is 0 Å². The third kappa shape index (κ3) is 2.36. The van der Waals surface area contributed by atoms with Crippen LogP contribution in [0.1, 0.15) is 22.1 Å². The van der Waals surface area contributed by atoms with Crippen LogP contribution in [0.15, 0.2) is 42.5 Å². The number of aryl methyl sites for hydroxylation is 1. The summed E-state index contributed by atoms with van der Waals surface area (Å²) in [6, 6.07) is 14.2. The van der Waals surface area contributed by atoms with Gasteiger partial charge in [0.2, 0.25) is 0 Å². The Balaban J connectivity index is 1.88. The number of rotatable bonds is 3. The third-order valence-electron chi connectivity index (χ3n) is 3.68. The molecule has 0 spiro atoms. The van der Waals surface area contributed by atoms with Gasteiger partial charge in [-0.25, -0.2) is 0 Å². The van der Waals surface area contributed by atoms with Crippen molar-refractivity contribution in [3.8, 4) is 11.5 Å². The molecule has 0 saturated carbocycles. The maximum Gasteiger partial charge on any atom is 0.123 e. The van der Waals surface area contributed by atoms with Crippen molar-refractivity contribution in [1.82, 2.24) is 0 Å². The van der Waals surface area contributed by atoms with Crippen LogP contribution >= 0.6 is 11.6 Å². The smallest absolute Gasteiger partial charge is 0.123 e. The SMILES string of the molecule is COc1ccc(C)cc1C(Cl)C1Cc2ccccc2O1. The molecular formula is C17H17ClO2. The predicted molar refractivity (Wildman–Crippen MR) is 80.9 cm³/mol. The first-order valence-electron chi connectivity index (χ1n) is 6.72. The predicted octanol–water partition coefficient (Wildman–Crippen LogP) is 4.29. The summed E-state index contributed by atoms with van der Waals surface area (Å²) in [5, 5.41) is -0.225. The quantitative estimate of drug-likeness (QED) is 0.785. The van der Waals surface area contributed by atoms with Gasteiger partial charge in [-0.05, 0) is 24.6 Å². The number of hydrogen-bond acceptors (Lipinski definition) is 2. The molecule has 0 saturated heterocycles. The van der Waals surface area contributed by atoms with Gasteiger partial charge in [0.15, 0.2) is 0 Å². The lowest BCUT2D eigenvalue weighted by molar-refractivity contribution is 0.225. The van der Waals surface area contributed by atoms with Crippen molar-refractivity contribution in [2.45, 2.75) is 24.8 Å². The summed E-state index contributed by atoms with van der Waals surface area (Å²) in [6.07, 6.45) is 0.784. The van der Waals surface area contributed by atoms with E-state index in [0.29, 0.717) is 0 Å². The first kappa shape index (κ1) is 13.3. The molecule has 2 unspecified atom stereocenters. The summed E-state index contributed by atoms with van der Waals surface area (Å²) in [4.78, 5) is 0. The highest BCUT2D eigenvalue weighted by Gasteiger charge is 2.31. The molecule has 1 aliphatic rings. The van der Waals surface area contributed by atoms with Gasteiger partial charge in [-0.2, -0.15) is 0 Å². The van der Waals surface area contributed by atoms with E-state index in [9.17, 15) is 0 Å². The second kappa shape index (κ2) is 5.37. The zero-order chi connectivity index (χ0) is 14.1. The van der Waals surface area contributed by atoms with E-state index in [1.165, 1.54) is 11.1 Å². The van der Waals surface area contributed by atoms with Gasteiger partial charge in [0.1, 0.15) is 17.6 Å². The largest absolute Gasteiger partial charge is 0.496 e. The van der Waals surface area contributed by atoms with Crippen molar-refractivity contribution in [1.29, 1.82) is 0 Å². The highest BCUT2D eigenvalue weighted by molar-refractivity contribution is 6.21. The molecule has 0 N–H and O–H groups in total. The second-order valence-corrected chi connectivity index (χ2v) is 5.59. The minimum atomic E-state index is -0.225. The molecule has 0 aliphatic carbocycles. The van der Waals surface area contributed by atoms with E-state index in [2.05, 4.69) is 19.1 Å². The normalized spacial score (nSPS) is 18.2. The van der Waals surface area contributed by atoms with Crippen LogP contribution in [-0.4, -0.2) is 13.2 Å². The van der Waals surface area contributed by atoms with Crippen LogP contribution in [0.3, 0.4) is 0 Å². The number of ether oxygens (including phenoxy) is 2. The number of halogens is 1. The monoisotopic (exact) mass is 288 g/mol. The minimum absolute atomic E-state index is 0.0511. The standard InChI is InChI=1S/C17H17ClO2/c1-11-7-8-15(19-2)13(9-11)17(18)16-10-12-5-3-4-6-14(12)20-16/h3-9,16-17H,10H2,1-2H3. The van der Waals surface area contributed by atoms with Crippen molar-refractivity contribution in [2.24, 2.45) is 0 Å². The number of methoxy groups -OCH3 is 1. The highest BCUT2D eigenvalue weighted by atomic mass is 35.5. The maximum atomic E-state index is 6.65. The fourth-order valence-electron chi connectivity index (χ4n) is 2.64. The summed E-state index contributed by atoms with van der Waals surface area (Å²) < 4.78 is 11.4. The lowest BCUT2D eigenvalue weighted by Crippen LogP contribution is -2.20. The number of hydrogen-bond donors (Lipinski definition) is 0. The molecule has 2 nitrogen and oxygen atoms in total. The first-order valence-corrected chi connectivity index (χ1v) is 7.16. The third-order valence-corrected chi connectivity index (χ3v) is 4.20. The first-order chi connectivity index (χ1) is 9.69. The Labute approximate surface area is 124 Å². The number of alkyl halides is 1. The molecule has 0 fully saturated rings. The van der Waals surface area contributed by atoms with Gasteiger partial charge in [0, 0.05) is 12.0 Å². The second-order valence-electron chi connectivity index (χ2n) is 5.12. The van der Waals surface area contributed by atoms with Crippen molar-refractivity contribution >= 4 is 11.6 Å². The van der Waals surface area contributed by atoms with Crippen LogP contribution in [-0.2, 0) is 6.42 Å². The number of benzene rings is 2. The minimum Gasteiger partial charge on any atom is -0.496 e. The zero-order valence-electron chi connectivity index (χ0n) is 11.6. The fourth-order valence-corrected chi connectivity index (χ4v) is 2.95. The topological polar surface area (TPSA) is 18.5 Å². The van der Waals surface area contributed by atoms with Crippen molar-refractivity contribution in [2.75, 3.05) is 7.11 Å². The molecule has 0 radical (unpaired) electrons. The van der Waals surface area contributed by atoms with E-state index in [-0.39, 0.29) is 11.5 Å². The Hall–Kier alpha value is -1.67. The van der Waals surface area contributed by atoms with Crippen molar-refractivity contribution < 1.29 is 9.47 Å². The Morgan fingerprint density at radius 2 is 2.05 bits per heavy atom. The molecule has 2 aromatic rings. The highest BCUT2D eigenvalue weighted by Crippen LogP contribution is 2.40. The molecule has 104 valence electrons. The molecule has 1 aliphatic heterocycles. The van der Waals surface area contributed by atoms with Gasteiger partial charge < -0.3 is 9.47 Å². The van der Waals surface area contributed by atoms with Gasteiger partial charge in [-0.15, -0.1) is 11.6 Å². The van der Waals surface area contributed by atoms with Crippen LogP contribution in [0.5, 0.6) is 11.5 Å². The molecule has 2 aromatic carbocycles. The van der Waals surface area contributed by atoms with E-state index in [4.69, 9.17) is 21.1 Å². The van der Waals surface area contributed by atoms with E-state index >= 15 is 0 Å². The Morgan fingerprint density at radius 1 is 1.25 bits per heavy atom. The molecule has 1 heterocycles. The Morgan fingerprint density at radius 3 is 2.80 bits per heavy atom. The van der Waals surface area contributed by atoms with E-state index in [0.717, 1.165) is 23.5 Å². The summed E-state index contributed by atoms with van der Waals surface area (Å²) in [5.41, 5.74) is 3.38. The molecule has 2 atom stereocenters. The summed E-state index contributed by atoms with van der Waals surface area (Å²) in [7, 11) is 1.67. The summed E-state index contributed by atoms with van der Waals surface area (Å²) in [6.45, 7) is 2.05. The van der Waals surface area contributed by atoms with E-state index in [1.807, 2.05) is 30.3 Å². The molecule has 0 aromatic heterocycles. The van der Waals surface area contributed by atoms with Crippen LogP contribution in [0.2, 0.25) is 0 Å². The van der Waals surface area contributed by atoms with Gasteiger partial charge >= 0.3 is 0 Å². The maximum absolute atomic E-state index is 6.65. The van der Waals surface area contributed by atoms with Crippen LogP contribution < -0.4 is 9.47 Å². The molecule has 3 heteroatoms. The lowest BCUT2D eigenvalue weighted by Gasteiger charge is -2.20. The number of fused-ring (bicyclic) bond motifs is 1. The van der Waals surface area contributed by atoms with Crippen molar-refractivity contribution in [3.63, 3.8) is 0 Å². The molecule has 3 rings (SSSR count). The van der Waals surface area contributed by atoms with E-state index in [1.54, 1.807) is 7.11 Å². The average molecular weight is 289 g/mol. The number of para-hydroxylation sites is 1. The van der Waals surface area contributed by atoms with Gasteiger partial charge in [0.05, 0.1) is 12.5 Å².